The van der Waals surface area contributed by atoms with E-state index in [0.29, 0.717) is 24.7 Å². The Labute approximate surface area is 145 Å². The molecule has 0 unspecified atom stereocenters. The third kappa shape index (κ3) is 3.53. The first kappa shape index (κ1) is 15.8. The number of fused-ring (bicyclic) bond motifs is 1. The minimum absolute atomic E-state index is 0.198. The summed E-state index contributed by atoms with van der Waals surface area (Å²) in [7, 11) is 0. The van der Waals surface area contributed by atoms with Gasteiger partial charge in [-0.15, -0.1) is 5.10 Å². The molecule has 3 aromatic rings. The van der Waals surface area contributed by atoms with Crippen LogP contribution in [0, 0.1) is 0 Å². The van der Waals surface area contributed by atoms with Gasteiger partial charge in [0.05, 0.1) is 23.3 Å². The van der Waals surface area contributed by atoms with Crippen LogP contribution in [0.15, 0.2) is 30.5 Å². The lowest BCUT2D eigenvalue weighted by Gasteiger charge is -2.22. The van der Waals surface area contributed by atoms with Gasteiger partial charge < -0.3 is 15.6 Å². The summed E-state index contributed by atoms with van der Waals surface area (Å²) in [6, 6.07) is 8.21. The molecule has 4 rings (SSSR count). The number of carbonyl (C=O) groups is 1. The Morgan fingerprint density at radius 2 is 2.12 bits per heavy atom. The molecule has 8 nitrogen and oxygen atoms in total. The number of benzene rings is 1. The Bertz CT molecular complexity index is 830. The lowest BCUT2D eigenvalue weighted by molar-refractivity contribution is 0.0949. The Morgan fingerprint density at radius 1 is 1.28 bits per heavy atom. The highest BCUT2D eigenvalue weighted by Crippen LogP contribution is 2.17. The van der Waals surface area contributed by atoms with Gasteiger partial charge in [0.1, 0.15) is 5.82 Å². The van der Waals surface area contributed by atoms with Gasteiger partial charge in [0.25, 0.3) is 5.91 Å². The predicted octanol–water partition coefficient (Wildman–Crippen LogP) is 1.05. The highest BCUT2D eigenvalue weighted by molar-refractivity contribution is 5.91. The molecule has 1 saturated heterocycles. The first-order chi connectivity index (χ1) is 12.3. The SMILES string of the molecule is O=C(NCCc1nc2ccccc2[nH]1)c1cn(C2CCNCC2)nn1. The van der Waals surface area contributed by atoms with Crippen molar-refractivity contribution in [2.75, 3.05) is 19.6 Å². The van der Waals surface area contributed by atoms with E-state index >= 15 is 0 Å². The van der Waals surface area contributed by atoms with Crippen molar-refractivity contribution in [2.24, 2.45) is 0 Å². The quantitative estimate of drug-likeness (QED) is 0.645. The van der Waals surface area contributed by atoms with E-state index in [1.807, 2.05) is 28.9 Å². The summed E-state index contributed by atoms with van der Waals surface area (Å²) in [5.41, 5.74) is 2.31. The minimum Gasteiger partial charge on any atom is -0.350 e. The molecule has 25 heavy (non-hydrogen) atoms. The molecular weight excluding hydrogens is 318 g/mol. The third-order valence-electron chi connectivity index (χ3n) is 4.51. The van der Waals surface area contributed by atoms with Gasteiger partial charge in [0.2, 0.25) is 0 Å². The van der Waals surface area contributed by atoms with Crippen LogP contribution in [0.5, 0.6) is 0 Å². The monoisotopic (exact) mass is 339 g/mol. The van der Waals surface area contributed by atoms with Crippen LogP contribution in [0.2, 0.25) is 0 Å². The van der Waals surface area contributed by atoms with Crippen molar-refractivity contribution in [1.82, 2.24) is 35.6 Å². The van der Waals surface area contributed by atoms with E-state index in [9.17, 15) is 4.79 Å². The zero-order valence-corrected chi connectivity index (χ0v) is 13.9. The van der Waals surface area contributed by atoms with E-state index in [4.69, 9.17) is 0 Å². The smallest absolute Gasteiger partial charge is 0.273 e. The summed E-state index contributed by atoms with van der Waals surface area (Å²) in [6.07, 6.45) is 4.41. The van der Waals surface area contributed by atoms with Gasteiger partial charge in [-0.1, -0.05) is 17.3 Å². The Kier molecular flexibility index (Phi) is 4.43. The second kappa shape index (κ2) is 7.02. The largest absolute Gasteiger partial charge is 0.350 e. The Hall–Kier alpha value is -2.74. The van der Waals surface area contributed by atoms with Crippen LogP contribution in [0.3, 0.4) is 0 Å². The fraction of sp³-hybridized carbons (Fsp3) is 0.412. The zero-order valence-electron chi connectivity index (χ0n) is 13.9. The Morgan fingerprint density at radius 3 is 2.96 bits per heavy atom. The zero-order chi connectivity index (χ0) is 17.1. The number of carbonyl (C=O) groups excluding carboxylic acids is 1. The number of hydrogen-bond acceptors (Lipinski definition) is 5. The van der Waals surface area contributed by atoms with Crippen molar-refractivity contribution in [2.45, 2.75) is 25.3 Å². The molecule has 1 aromatic carbocycles. The summed E-state index contributed by atoms with van der Waals surface area (Å²) < 4.78 is 1.81. The summed E-state index contributed by atoms with van der Waals surface area (Å²) in [5, 5.41) is 14.3. The fourth-order valence-corrected chi connectivity index (χ4v) is 3.14. The minimum atomic E-state index is -0.198. The van der Waals surface area contributed by atoms with Gasteiger partial charge in [0, 0.05) is 13.0 Å². The second-order valence-corrected chi connectivity index (χ2v) is 6.27. The first-order valence-corrected chi connectivity index (χ1v) is 8.64. The van der Waals surface area contributed by atoms with Gasteiger partial charge in [-0.2, -0.15) is 0 Å². The van der Waals surface area contributed by atoms with Crippen LogP contribution in [0.4, 0.5) is 0 Å². The molecule has 0 aliphatic carbocycles. The van der Waals surface area contributed by atoms with Crippen LogP contribution in [-0.2, 0) is 6.42 Å². The maximum absolute atomic E-state index is 12.2. The highest BCUT2D eigenvalue weighted by Gasteiger charge is 2.18. The first-order valence-electron chi connectivity index (χ1n) is 8.64. The van der Waals surface area contributed by atoms with Crippen LogP contribution in [0.1, 0.15) is 35.2 Å². The van der Waals surface area contributed by atoms with E-state index in [2.05, 4.69) is 30.9 Å². The van der Waals surface area contributed by atoms with Gasteiger partial charge >= 0.3 is 0 Å². The number of imidazole rings is 1. The summed E-state index contributed by atoms with van der Waals surface area (Å²) in [4.78, 5) is 20.0. The van der Waals surface area contributed by atoms with Crippen molar-refractivity contribution in [3.63, 3.8) is 0 Å². The molecule has 0 radical (unpaired) electrons. The molecule has 0 spiro atoms. The number of hydrogen-bond donors (Lipinski definition) is 3. The Balaban J connectivity index is 1.32. The number of nitrogens with one attached hydrogen (secondary N) is 3. The van der Waals surface area contributed by atoms with Gasteiger partial charge in [-0.25, -0.2) is 9.67 Å². The topological polar surface area (TPSA) is 101 Å². The van der Waals surface area contributed by atoms with Gasteiger partial charge in [-0.3, -0.25) is 4.79 Å². The molecule has 8 heteroatoms. The van der Waals surface area contributed by atoms with Gasteiger partial charge in [0.15, 0.2) is 5.69 Å². The second-order valence-electron chi connectivity index (χ2n) is 6.27. The van der Waals surface area contributed by atoms with Crippen LogP contribution >= 0.6 is 0 Å². The van der Waals surface area contributed by atoms with E-state index in [0.717, 1.165) is 42.8 Å². The van der Waals surface area contributed by atoms with Crippen molar-refractivity contribution < 1.29 is 4.79 Å². The number of amides is 1. The maximum Gasteiger partial charge on any atom is 0.273 e. The standard InChI is InChI=1S/C17H21N7O/c25-17(15-11-24(23-22-15)12-5-8-18-9-6-12)19-10-7-16-20-13-3-1-2-4-14(13)21-16/h1-4,11-12,18H,5-10H2,(H,19,25)(H,20,21). The molecular formula is C17H21N7O. The maximum atomic E-state index is 12.2. The lowest BCUT2D eigenvalue weighted by atomic mass is 10.1. The number of para-hydroxylation sites is 2. The van der Waals surface area contributed by atoms with Crippen molar-refractivity contribution in [1.29, 1.82) is 0 Å². The number of nitrogens with zero attached hydrogens (tertiary/aromatic N) is 4. The number of aromatic amines is 1. The molecule has 1 aliphatic heterocycles. The van der Waals surface area contributed by atoms with Crippen molar-refractivity contribution in [3.05, 3.63) is 42.0 Å². The molecule has 1 amide bonds. The third-order valence-corrected chi connectivity index (χ3v) is 4.51. The van der Waals surface area contributed by atoms with E-state index < -0.39 is 0 Å². The highest BCUT2D eigenvalue weighted by atomic mass is 16.2. The molecule has 3 N–H and O–H groups in total. The number of H-pyrrole nitrogens is 1. The summed E-state index contributed by atoms with van der Waals surface area (Å²) >= 11 is 0. The molecule has 0 saturated carbocycles. The molecule has 2 aromatic heterocycles. The molecule has 130 valence electrons. The molecule has 1 fully saturated rings. The van der Waals surface area contributed by atoms with Crippen LogP contribution in [0.25, 0.3) is 11.0 Å². The number of rotatable bonds is 5. The normalized spacial score (nSPS) is 15.5. The summed E-state index contributed by atoms with van der Waals surface area (Å²) in [5.74, 6) is 0.663. The average Bonchev–Trinajstić information content (AvgIpc) is 3.29. The fourth-order valence-electron chi connectivity index (χ4n) is 3.14. The molecule has 0 atom stereocenters. The molecule has 3 heterocycles. The van der Waals surface area contributed by atoms with Crippen molar-refractivity contribution >= 4 is 16.9 Å². The van der Waals surface area contributed by atoms with E-state index in [1.165, 1.54) is 0 Å². The van der Waals surface area contributed by atoms with E-state index in [-0.39, 0.29) is 5.91 Å². The van der Waals surface area contributed by atoms with Gasteiger partial charge in [-0.05, 0) is 38.1 Å². The van der Waals surface area contributed by atoms with E-state index in [1.54, 1.807) is 6.20 Å². The lowest BCUT2D eigenvalue weighted by Crippen LogP contribution is -2.29. The number of piperidine rings is 1. The van der Waals surface area contributed by atoms with Crippen molar-refractivity contribution in [3.8, 4) is 0 Å². The summed E-state index contributed by atoms with van der Waals surface area (Å²) in [6.45, 7) is 2.45. The predicted molar refractivity (Wildman–Crippen MR) is 93.3 cm³/mol. The number of aromatic nitrogens is 5. The van der Waals surface area contributed by atoms with Crippen LogP contribution < -0.4 is 10.6 Å². The molecule has 0 bridgehead atoms. The molecule has 1 aliphatic rings. The van der Waals surface area contributed by atoms with Crippen LogP contribution in [-0.4, -0.2) is 50.5 Å². The average molecular weight is 339 g/mol.